The smallest absolute Gasteiger partial charge is 0.314 e. The van der Waals surface area contributed by atoms with E-state index < -0.39 is 11.8 Å². The second-order valence-corrected chi connectivity index (χ2v) is 5.29. The molecule has 0 atom stereocenters. The molecule has 0 saturated heterocycles. The number of hydrogen-bond acceptors (Lipinski definition) is 3. The first kappa shape index (κ1) is 15.5. The average Bonchev–Trinajstić information content (AvgIpc) is 3.08. The van der Waals surface area contributed by atoms with Crippen LogP contribution in [0.3, 0.4) is 0 Å². The van der Waals surface area contributed by atoms with Crippen molar-refractivity contribution in [1.29, 1.82) is 0 Å². The number of carbonyl (C=O) groups is 2. The van der Waals surface area contributed by atoms with Crippen LogP contribution in [0.1, 0.15) is 5.56 Å². The van der Waals surface area contributed by atoms with Crippen LogP contribution in [0.2, 0.25) is 0 Å². The fraction of sp³-hybridized carbons (Fsp3) is 0.0556. The Morgan fingerprint density at radius 3 is 2.29 bits per heavy atom. The molecular formula is C18H16N4O2. The van der Waals surface area contributed by atoms with E-state index in [1.165, 1.54) is 12.4 Å². The molecule has 6 heteroatoms. The Bertz CT molecular complexity index is 858. The minimum absolute atomic E-state index is 0.436. The van der Waals surface area contributed by atoms with Crippen LogP contribution in [0, 0.1) is 6.92 Å². The van der Waals surface area contributed by atoms with Gasteiger partial charge in [-0.1, -0.05) is 36.4 Å². The van der Waals surface area contributed by atoms with Gasteiger partial charge in [0.25, 0.3) is 0 Å². The van der Waals surface area contributed by atoms with Crippen LogP contribution in [0.25, 0.3) is 11.1 Å². The lowest BCUT2D eigenvalue weighted by molar-refractivity contribution is -0.132. The molecule has 0 saturated carbocycles. The molecule has 2 aromatic carbocycles. The molecule has 1 heterocycles. The third-order valence-electron chi connectivity index (χ3n) is 3.53. The summed E-state index contributed by atoms with van der Waals surface area (Å²) in [5.74, 6) is -1.48. The maximum Gasteiger partial charge on any atom is 0.314 e. The second kappa shape index (κ2) is 6.78. The molecule has 2 amide bonds. The van der Waals surface area contributed by atoms with Gasteiger partial charge in [0.15, 0.2) is 0 Å². The highest BCUT2D eigenvalue weighted by Gasteiger charge is 2.15. The van der Waals surface area contributed by atoms with Crippen molar-refractivity contribution >= 4 is 23.2 Å². The molecule has 0 fully saturated rings. The van der Waals surface area contributed by atoms with E-state index in [1.54, 1.807) is 6.07 Å². The van der Waals surface area contributed by atoms with Gasteiger partial charge in [0, 0.05) is 11.9 Å². The first-order chi connectivity index (χ1) is 11.6. The Morgan fingerprint density at radius 2 is 1.67 bits per heavy atom. The SMILES string of the molecule is Cc1cc(NC(=O)C(=O)Nc2cn[nH]c2)ccc1-c1ccccc1. The Balaban J connectivity index is 1.70. The number of hydrogen-bond donors (Lipinski definition) is 3. The van der Waals surface area contributed by atoms with Crippen molar-refractivity contribution in [3.8, 4) is 11.1 Å². The number of nitrogens with one attached hydrogen (secondary N) is 3. The molecule has 24 heavy (non-hydrogen) atoms. The third-order valence-corrected chi connectivity index (χ3v) is 3.53. The Morgan fingerprint density at radius 1 is 0.958 bits per heavy atom. The molecule has 120 valence electrons. The zero-order chi connectivity index (χ0) is 16.9. The maximum atomic E-state index is 12.0. The summed E-state index contributed by atoms with van der Waals surface area (Å²) in [6.07, 6.45) is 2.91. The summed E-state index contributed by atoms with van der Waals surface area (Å²) < 4.78 is 0. The monoisotopic (exact) mass is 320 g/mol. The molecule has 0 radical (unpaired) electrons. The second-order valence-electron chi connectivity index (χ2n) is 5.29. The van der Waals surface area contributed by atoms with Gasteiger partial charge >= 0.3 is 11.8 Å². The number of aromatic amines is 1. The van der Waals surface area contributed by atoms with Crippen molar-refractivity contribution in [3.05, 3.63) is 66.5 Å². The van der Waals surface area contributed by atoms with Gasteiger partial charge in [-0.25, -0.2) is 0 Å². The van der Waals surface area contributed by atoms with Crippen molar-refractivity contribution in [3.63, 3.8) is 0 Å². The number of amides is 2. The van der Waals surface area contributed by atoms with Gasteiger partial charge in [-0.2, -0.15) is 5.10 Å². The summed E-state index contributed by atoms with van der Waals surface area (Å²) in [5, 5.41) is 11.3. The van der Waals surface area contributed by atoms with E-state index in [0.29, 0.717) is 11.4 Å². The molecule has 3 aromatic rings. The standard InChI is InChI=1S/C18H16N4O2/c1-12-9-14(7-8-16(12)13-5-3-2-4-6-13)21-17(23)18(24)22-15-10-19-20-11-15/h2-11H,1H3,(H,19,20)(H,21,23)(H,22,24). The average molecular weight is 320 g/mol. The summed E-state index contributed by atoms with van der Waals surface area (Å²) in [6, 6.07) is 15.5. The molecule has 0 aliphatic heterocycles. The zero-order valence-corrected chi connectivity index (χ0v) is 13.0. The van der Waals surface area contributed by atoms with Crippen molar-refractivity contribution in [2.45, 2.75) is 6.92 Å². The van der Waals surface area contributed by atoms with Crippen molar-refractivity contribution < 1.29 is 9.59 Å². The molecule has 0 aliphatic carbocycles. The number of H-pyrrole nitrogens is 1. The summed E-state index contributed by atoms with van der Waals surface area (Å²) in [5.41, 5.74) is 4.20. The lowest BCUT2D eigenvalue weighted by Crippen LogP contribution is -2.28. The Kier molecular flexibility index (Phi) is 4.38. The van der Waals surface area contributed by atoms with Crippen LogP contribution in [0.4, 0.5) is 11.4 Å². The van der Waals surface area contributed by atoms with Crippen LogP contribution in [-0.2, 0) is 9.59 Å². The minimum atomic E-state index is -0.749. The molecule has 0 unspecified atom stereocenters. The molecule has 6 nitrogen and oxygen atoms in total. The highest BCUT2D eigenvalue weighted by Crippen LogP contribution is 2.25. The molecule has 0 aliphatic rings. The minimum Gasteiger partial charge on any atom is -0.318 e. The fourth-order valence-corrected chi connectivity index (χ4v) is 2.38. The van der Waals surface area contributed by atoms with E-state index in [-0.39, 0.29) is 0 Å². The molecule has 3 rings (SSSR count). The van der Waals surface area contributed by atoms with Crippen LogP contribution >= 0.6 is 0 Å². The predicted molar refractivity (Wildman–Crippen MR) is 92.5 cm³/mol. The van der Waals surface area contributed by atoms with Crippen LogP contribution < -0.4 is 10.6 Å². The lowest BCUT2D eigenvalue weighted by Gasteiger charge is -2.10. The van der Waals surface area contributed by atoms with E-state index in [0.717, 1.165) is 16.7 Å². The van der Waals surface area contributed by atoms with E-state index >= 15 is 0 Å². The molecule has 0 bridgehead atoms. The highest BCUT2D eigenvalue weighted by atomic mass is 16.2. The zero-order valence-electron chi connectivity index (χ0n) is 13.0. The topological polar surface area (TPSA) is 86.9 Å². The number of benzene rings is 2. The summed E-state index contributed by atoms with van der Waals surface area (Å²) in [7, 11) is 0. The normalized spacial score (nSPS) is 10.2. The maximum absolute atomic E-state index is 12.0. The van der Waals surface area contributed by atoms with E-state index in [2.05, 4.69) is 20.8 Å². The van der Waals surface area contributed by atoms with Gasteiger partial charge in [0.2, 0.25) is 0 Å². The quantitative estimate of drug-likeness (QED) is 0.648. The van der Waals surface area contributed by atoms with Gasteiger partial charge in [-0.15, -0.1) is 0 Å². The van der Waals surface area contributed by atoms with Gasteiger partial charge in [-0.05, 0) is 35.7 Å². The summed E-state index contributed by atoms with van der Waals surface area (Å²) in [4.78, 5) is 23.8. The number of anilines is 2. The van der Waals surface area contributed by atoms with Crippen molar-refractivity contribution in [2.75, 3.05) is 10.6 Å². The van der Waals surface area contributed by atoms with E-state index in [4.69, 9.17) is 0 Å². The van der Waals surface area contributed by atoms with Crippen LogP contribution in [0.5, 0.6) is 0 Å². The number of carbonyl (C=O) groups excluding carboxylic acids is 2. The third kappa shape index (κ3) is 3.49. The number of rotatable bonds is 3. The number of aryl methyl sites for hydroxylation is 1. The largest absolute Gasteiger partial charge is 0.318 e. The predicted octanol–water partition coefficient (Wildman–Crippen LogP) is 2.96. The summed E-state index contributed by atoms with van der Waals surface area (Å²) in [6.45, 7) is 1.96. The highest BCUT2D eigenvalue weighted by molar-refractivity contribution is 6.43. The summed E-state index contributed by atoms with van der Waals surface area (Å²) >= 11 is 0. The number of nitrogens with zero attached hydrogens (tertiary/aromatic N) is 1. The first-order valence-corrected chi connectivity index (χ1v) is 7.40. The molecule has 0 spiro atoms. The van der Waals surface area contributed by atoms with Crippen LogP contribution in [-0.4, -0.2) is 22.0 Å². The molecular weight excluding hydrogens is 304 g/mol. The van der Waals surface area contributed by atoms with Crippen molar-refractivity contribution in [2.24, 2.45) is 0 Å². The Labute approximate surface area is 138 Å². The van der Waals surface area contributed by atoms with E-state index in [9.17, 15) is 9.59 Å². The Hall–Kier alpha value is -3.41. The van der Waals surface area contributed by atoms with Crippen LogP contribution in [0.15, 0.2) is 60.9 Å². The molecule has 1 aromatic heterocycles. The van der Waals surface area contributed by atoms with Gasteiger partial charge in [0.05, 0.1) is 11.9 Å². The van der Waals surface area contributed by atoms with Crippen molar-refractivity contribution in [1.82, 2.24) is 10.2 Å². The first-order valence-electron chi connectivity index (χ1n) is 7.40. The fourth-order valence-electron chi connectivity index (χ4n) is 2.38. The van der Waals surface area contributed by atoms with Gasteiger partial charge in [0.1, 0.15) is 0 Å². The molecule has 3 N–H and O–H groups in total. The van der Waals surface area contributed by atoms with E-state index in [1.807, 2.05) is 49.4 Å². The number of aromatic nitrogens is 2. The van der Waals surface area contributed by atoms with Gasteiger partial charge < -0.3 is 10.6 Å². The lowest BCUT2D eigenvalue weighted by atomic mass is 10.00. The van der Waals surface area contributed by atoms with Gasteiger partial charge in [-0.3, -0.25) is 14.7 Å².